The molecule has 2 aliphatic heterocycles. The standard InChI is InChI=1S/C16H18F3N3O/c1-10-3-4-22-9-20-15(7-16(22)21(10)2)23-8-11-5-13(18)14(19)6-12(11)17/h5-7,10H,3-4,8-9H2,1-2H3/t10-/m0/s1. The highest BCUT2D eigenvalue weighted by Crippen LogP contribution is 2.24. The van der Waals surface area contributed by atoms with Gasteiger partial charge in [0.15, 0.2) is 11.6 Å². The molecule has 4 nitrogen and oxygen atoms in total. The molecule has 0 bridgehead atoms. The molecule has 0 amide bonds. The lowest BCUT2D eigenvalue weighted by molar-refractivity contribution is 0.133. The lowest BCUT2D eigenvalue weighted by Crippen LogP contribution is -2.47. The molecule has 2 aliphatic rings. The Hall–Kier alpha value is -2.18. The second-order valence-corrected chi connectivity index (χ2v) is 5.80. The Morgan fingerprint density at radius 3 is 2.74 bits per heavy atom. The van der Waals surface area contributed by atoms with Gasteiger partial charge >= 0.3 is 0 Å². The van der Waals surface area contributed by atoms with Crippen LogP contribution in [0, 0.1) is 17.5 Å². The van der Waals surface area contributed by atoms with E-state index in [0.29, 0.717) is 24.7 Å². The number of halogens is 3. The number of benzene rings is 1. The molecule has 7 heteroatoms. The predicted octanol–water partition coefficient (Wildman–Crippen LogP) is 2.86. The molecule has 2 heterocycles. The average Bonchev–Trinajstić information content (AvgIpc) is 2.53. The van der Waals surface area contributed by atoms with Gasteiger partial charge in [0.2, 0.25) is 5.90 Å². The maximum absolute atomic E-state index is 13.6. The fourth-order valence-corrected chi connectivity index (χ4v) is 2.66. The van der Waals surface area contributed by atoms with Crippen molar-refractivity contribution in [2.24, 2.45) is 4.99 Å². The van der Waals surface area contributed by atoms with Crippen LogP contribution < -0.4 is 0 Å². The first-order valence-corrected chi connectivity index (χ1v) is 7.46. The first-order chi connectivity index (χ1) is 11.0. The quantitative estimate of drug-likeness (QED) is 0.783. The van der Waals surface area contributed by atoms with E-state index in [1.165, 1.54) is 0 Å². The lowest BCUT2D eigenvalue weighted by Gasteiger charge is -2.43. The van der Waals surface area contributed by atoms with Crippen molar-refractivity contribution in [1.29, 1.82) is 0 Å². The van der Waals surface area contributed by atoms with E-state index < -0.39 is 17.5 Å². The van der Waals surface area contributed by atoms with Crippen molar-refractivity contribution in [3.05, 3.63) is 47.0 Å². The zero-order valence-corrected chi connectivity index (χ0v) is 13.0. The summed E-state index contributed by atoms with van der Waals surface area (Å²) in [6.07, 6.45) is 2.84. The van der Waals surface area contributed by atoms with E-state index in [4.69, 9.17) is 4.74 Å². The van der Waals surface area contributed by atoms with Crippen molar-refractivity contribution in [3.8, 4) is 0 Å². The Balaban J connectivity index is 1.71. The van der Waals surface area contributed by atoms with Gasteiger partial charge < -0.3 is 14.5 Å². The summed E-state index contributed by atoms with van der Waals surface area (Å²) < 4.78 is 45.2. The zero-order valence-electron chi connectivity index (χ0n) is 13.0. The molecule has 0 N–H and O–H groups in total. The van der Waals surface area contributed by atoms with Crippen LogP contribution >= 0.6 is 0 Å². The predicted molar refractivity (Wildman–Crippen MR) is 80.0 cm³/mol. The number of nitrogens with zero attached hydrogens (tertiary/aromatic N) is 3. The Morgan fingerprint density at radius 2 is 1.96 bits per heavy atom. The van der Waals surface area contributed by atoms with Crippen molar-refractivity contribution >= 4 is 5.90 Å². The average molecular weight is 325 g/mol. The smallest absolute Gasteiger partial charge is 0.214 e. The molecule has 0 unspecified atom stereocenters. The van der Waals surface area contributed by atoms with Crippen LogP contribution in [0.2, 0.25) is 0 Å². The van der Waals surface area contributed by atoms with Crippen LogP contribution in [0.1, 0.15) is 18.9 Å². The molecule has 23 heavy (non-hydrogen) atoms. The van der Waals surface area contributed by atoms with Gasteiger partial charge in [-0.15, -0.1) is 0 Å². The molecule has 0 saturated carbocycles. The van der Waals surface area contributed by atoms with Crippen LogP contribution in [0.15, 0.2) is 29.0 Å². The van der Waals surface area contributed by atoms with E-state index >= 15 is 0 Å². The molecule has 124 valence electrons. The summed E-state index contributed by atoms with van der Waals surface area (Å²) in [4.78, 5) is 8.55. The summed E-state index contributed by atoms with van der Waals surface area (Å²) in [5.74, 6) is -1.78. The van der Waals surface area contributed by atoms with Crippen molar-refractivity contribution in [1.82, 2.24) is 9.80 Å². The van der Waals surface area contributed by atoms with Gasteiger partial charge in [0.05, 0.1) is 0 Å². The summed E-state index contributed by atoms with van der Waals surface area (Å²) in [5.41, 5.74) is -0.0437. The molecular formula is C16H18F3N3O. The van der Waals surface area contributed by atoms with Crippen LogP contribution in [0.5, 0.6) is 0 Å². The number of rotatable bonds is 2. The van der Waals surface area contributed by atoms with E-state index in [2.05, 4.69) is 21.7 Å². The largest absolute Gasteiger partial charge is 0.473 e. The van der Waals surface area contributed by atoms with E-state index in [9.17, 15) is 13.2 Å². The molecular weight excluding hydrogens is 307 g/mol. The Bertz CT molecular complexity index is 675. The van der Waals surface area contributed by atoms with Gasteiger partial charge in [-0.2, -0.15) is 0 Å². The Morgan fingerprint density at radius 1 is 1.22 bits per heavy atom. The summed E-state index contributed by atoms with van der Waals surface area (Å²) >= 11 is 0. The van der Waals surface area contributed by atoms with Crippen LogP contribution in [0.3, 0.4) is 0 Å². The minimum Gasteiger partial charge on any atom is -0.473 e. The monoisotopic (exact) mass is 325 g/mol. The minimum atomic E-state index is -1.21. The number of hydrogen-bond donors (Lipinski definition) is 0. The molecule has 1 saturated heterocycles. The molecule has 1 aromatic rings. The SMILES string of the molecule is C[C@H]1CCN2CN=C(OCc3cc(F)c(F)cc3F)C=C2N1C. The molecule has 0 aliphatic carbocycles. The van der Waals surface area contributed by atoms with E-state index in [-0.39, 0.29) is 12.2 Å². The lowest BCUT2D eigenvalue weighted by atomic mass is 10.1. The van der Waals surface area contributed by atoms with Crippen molar-refractivity contribution in [2.75, 3.05) is 20.3 Å². The molecule has 0 radical (unpaired) electrons. The van der Waals surface area contributed by atoms with Crippen LogP contribution in [0.25, 0.3) is 0 Å². The minimum absolute atomic E-state index is 0.0437. The number of fused-ring (bicyclic) bond motifs is 1. The first-order valence-electron chi connectivity index (χ1n) is 7.46. The molecule has 0 aromatic heterocycles. The summed E-state index contributed by atoms with van der Waals surface area (Å²) in [7, 11) is 2.00. The zero-order chi connectivity index (χ0) is 16.6. The maximum Gasteiger partial charge on any atom is 0.214 e. The van der Waals surface area contributed by atoms with Gasteiger partial charge in [0.1, 0.15) is 24.9 Å². The topological polar surface area (TPSA) is 28.1 Å². The molecule has 1 atom stereocenters. The normalized spacial score (nSPS) is 20.8. The van der Waals surface area contributed by atoms with Crippen LogP contribution in [-0.2, 0) is 11.3 Å². The number of hydrogen-bond acceptors (Lipinski definition) is 4. The van der Waals surface area contributed by atoms with Gasteiger partial charge in [0, 0.05) is 37.3 Å². The number of aliphatic imine (C=N–C) groups is 1. The molecule has 3 rings (SSSR count). The molecule has 0 spiro atoms. The maximum atomic E-state index is 13.6. The highest BCUT2D eigenvalue weighted by molar-refractivity contribution is 5.88. The van der Waals surface area contributed by atoms with Crippen LogP contribution in [0.4, 0.5) is 13.2 Å². The number of ether oxygens (including phenoxy) is 1. The summed E-state index contributed by atoms with van der Waals surface area (Å²) in [6.45, 7) is 3.33. The fraction of sp³-hybridized carbons (Fsp3) is 0.438. The highest BCUT2D eigenvalue weighted by atomic mass is 19.2. The van der Waals surface area contributed by atoms with Gasteiger partial charge in [-0.05, 0) is 19.4 Å². The van der Waals surface area contributed by atoms with E-state index in [1.807, 2.05) is 7.05 Å². The summed E-state index contributed by atoms with van der Waals surface area (Å²) in [6, 6.07) is 1.75. The van der Waals surface area contributed by atoms with Crippen molar-refractivity contribution < 1.29 is 17.9 Å². The van der Waals surface area contributed by atoms with Gasteiger partial charge in [-0.1, -0.05) is 0 Å². The van der Waals surface area contributed by atoms with E-state index in [1.54, 1.807) is 6.08 Å². The van der Waals surface area contributed by atoms with Crippen LogP contribution in [-0.4, -0.2) is 42.0 Å². The van der Waals surface area contributed by atoms with Gasteiger partial charge in [0.25, 0.3) is 0 Å². The van der Waals surface area contributed by atoms with Gasteiger partial charge in [-0.3, -0.25) is 0 Å². The third-order valence-corrected chi connectivity index (χ3v) is 4.28. The first kappa shape index (κ1) is 15.7. The highest BCUT2D eigenvalue weighted by Gasteiger charge is 2.27. The third kappa shape index (κ3) is 3.13. The summed E-state index contributed by atoms with van der Waals surface area (Å²) in [5, 5.41) is 0. The Kier molecular flexibility index (Phi) is 4.19. The fourth-order valence-electron chi connectivity index (χ4n) is 2.66. The second-order valence-electron chi connectivity index (χ2n) is 5.80. The van der Waals surface area contributed by atoms with Crippen molar-refractivity contribution in [3.63, 3.8) is 0 Å². The molecule has 1 fully saturated rings. The Labute approximate surface area is 132 Å². The van der Waals surface area contributed by atoms with Crippen molar-refractivity contribution in [2.45, 2.75) is 26.0 Å². The third-order valence-electron chi connectivity index (χ3n) is 4.28. The molecule has 1 aromatic carbocycles. The van der Waals surface area contributed by atoms with E-state index in [0.717, 1.165) is 24.9 Å². The second kappa shape index (κ2) is 6.14. The van der Waals surface area contributed by atoms with Gasteiger partial charge in [-0.25, -0.2) is 18.2 Å².